The first kappa shape index (κ1) is 13.1. The zero-order valence-corrected chi connectivity index (χ0v) is 10.9. The van der Waals surface area contributed by atoms with Crippen LogP contribution in [0.3, 0.4) is 0 Å². The average molecular weight is 282 g/mol. The molecule has 19 heavy (non-hydrogen) atoms. The van der Waals surface area contributed by atoms with Gasteiger partial charge in [0.25, 0.3) is 5.91 Å². The molecule has 3 amide bonds. The highest BCUT2D eigenvalue weighted by molar-refractivity contribution is 7.90. The average Bonchev–Trinajstić information content (AvgIpc) is 2.55. The zero-order chi connectivity index (χ0) is 14.2. The quantitative estimate of drug-likeness (QED) is 0.441. The fourth-order valence-electron chi connectivity index (χ4n) is 1.42. The standard InChI is InChI=1S/C10H10N4O4S/c1-14-7(8(15)13-10(14)16)5-6-3-4-11-9(12-6)19(2,17)18/h3-5H,1-2H3,(H,13,15,16). The van der Waals surface area contributed by atoms with E-state index in [0.29, 0.717) is 0 Å². The maximum Gasteiger partial charge on any atom is 0.328 e. The van der Waals surface area contributed by atoms with E-state index >= 15 is 0 Å². The van der Waals surface area contributed by atoms with Crippen LogP contribution >= 0.6 is 0 Å². The van der Waals surface area contributed by atoms with Crippen molar-refractivity contribution < 1.29 is 18.0 Å². The van der Waals surface area contributed by atoms with Gasteiger partial charge in [-0.25, -0.2) is 23.2 Å². The predicted octanol–water partition coefficient (Wildman–Crippen LogP) is -0.597. The first-order chi connectivity index (χ1) is 8.79. The van der Waals surface area contributed by atoms with Crippen LogP contribution in [-0.2, 0) is 14.6 Å². The molecule has 100 valence electrons. The summed E-state index contributed by atoms with van der Waals surface area (Å²) < 4.78 is 22.6. The van der Waals surface area contributed by atoms with Crippen molar-refractivity contribution in [1.82, 2.24) is 20.2 Å². The molecule has 2 heterocycles. The van der Waals surface area contributed by atoms with Gasteiger partial charge in [-0.15, -0.1) is 0 Å². The van der Waals surface area contributed by atoms with Gasteiger partial charge in [0.1, 0.15) is 5.70 Å². The SMILES string of the molecule is CN1C(=O)NC(=O)C1=Cc1ccnc(S(C)(=O)=O)n1. The maximum atomic E-state index is 11.5. The molecule has 0 atom stereocenters. The summed E-state index contributed by atoms with van der Waals surface area (Å²) >= 11 is 0. The van der Waals surface area contributed by atoms with Gasteiger partial charge in [0.15, 0.2) is 0 Å². The van der Waals surface area contributed by atoms with Gasteiger partial charge in [-0.05, 0) is 12.1 Å². The van der Waals surface area contributed by atoms with E-state index < -0.39 is 21.8 Å². The zero-order valence-electron chi connectivity index (χ0n) is 10.1. The van der Waals surface area contributed by atoms with Crippen LogP contribution < -0.4 is 5.32 Å². The molecule has 8 nitrogen and oxygen atoms in total. The topological polar surface area (TPSA) is 109 Å². The Morgan fingerprint density at radius 1 is 1.37 bits per heavy atom. The molecule has 9 heteroatoms. The van der Waals surface area contributed by atoms with E-state index in [1.54, 1.807) is 0 Å². The van der Waals surface area contributed by atoms with Gasteiger partial charge in [0, 0.05) is 19.5 Å². The Hall–Kier alpha value is -2.29. The summed E-state index contributed by atoms with van der Waals surface area (Å²) in [5.41, 5.74) is 0.310. The predicted molar refractivity (Wildman–Crippen MR) is 64.4 cm³/mol. The number of carbonyl (C=O) groups is 2. The number of imide groups is 1. The highest BCUT2D eigenvalue weighted by Crippen LogP contribution is 2.14. The molecule has 1 saturated heterocycles. The third kappa shape index (κ3) is 2.60. The summed E-state index contributed by atoms with van der Waals surface area (Å²) in [6, 6.07) is 0.889. The Morgan fingerprint density at radius 2 is 2.05 bits per heavy atom. The number of carbonyl (C=O) groups excluding carboxylic acids is 2. The molecule has 0 unspecified atom stereocenters. The fourth-order valence-corrected chi connectivity index (χ4v) is 1.95. The number of nitrogens with zero attached hydrogens (tertiary/aromatic N) is 3. The first-order valence-corrected chi connectivity index (χ1v) is 7.02. The Labute approximate surface area is 109 Å². The number of aromatic nitrogens is 2. The third-order valence-electron chi connectivity index (χ3n) is 2.39. The minimum atomic E-state index is -3.53. The lowest BCUT2D eigenvalue weighted by atomic mass is 10.3. The van der Waals surface area contributed by atoms with Crippen LogP contribution in [0.15, 0.2) is 23.1 Å². The largest absolute Gasteiger partial charge is 0.328 e. The van der Waals surface area contributed by atoms with Gasteiger partial charge in [-0.3, -0.25) is 15.0 Å². The van der Waals surface area contributed by atoms with Crippen LogP contribution in [0, 0.1) is 0 Å². The Balaban J connectivity index is 2.44. The van der Waals surface area contributed by atoms with Crippen molar-refractivity contribution in [2.75, 3.05) is 13.3 Å². The fraction of sp³-hybridized carbons (Fsp3) is 0.200. The lowest BCUT2D eigenvalue weighted by Crippen LogP contribution is -2.24. The summed E-state index contributed by atoms with van der Waals surface area (Å²) in [5.74, 6) is -0.563. The highest BCUT2D eigenvalue weighted by atomic mass is 32.2. The Kier molecular flexibility index (Phi) is 3.06. The van der Waals surface area contributed by atoms with Gasteiger partial charge in [-0.2, -0.15) is 0 Å². The van der Waals surface area contributed by atoms with E-state index in [1.807, 2.05) is 0 Å². The second-order valence-corrected chi connectivity index (χ2v) is 5.79. The summed E-state index contributed by atoms with van der Waals surface area (Å²) in [5, 5.41) is 1.76. The Bertz CT molecular complexity index is 695. The number of sulfone groups is 1. The van der Waals surface area contributed by atoms with Crippen LogP contribution in [0.1, 0.15) is 5.69 Å². The van der Waals surface area contributed by atoms with Crippen molar-refractivity contribution in [3.8, 4) is 0 Å². The molecule has 1 N–H and O–H groups in total. The molecular weight excluding hydrogens is 272 g/mol. The number of amides is 3. The number of hydrogen-bond acceptors (Lipinski definition) is 6. The third-order valence-corrected chi connectivity index (χ3v) is 3.25. The van der Waals surface area contributed by atoms with Crippen molar-refractivity contribution >= 4 is 27.9 Å². The number of rotatable bonds is 2. The summed E-state index contributed by atoms with van der Waals surface area (Å²) in [4.78, 5) is 31.3. The summed E-state index contributed by atoms with van der Waals surface area (Å²) in [6.45, 7) is 0. The number of urea groups is 1. The highest BCUT2D eigenvalue weighted by Gasteiger charge is 2.29. The van der Waals surface area contributed by atoms with E-state index in [1.165, 1.54) is 25.4 Å². The molecule has 0 saturated carbocycles. The normalized spacial score (nSPS) is 18.0. The van der Waals surface area contributed by atoms with Crippen molar-refractivity contribution in [3.05, 3.63) is 23.7 Å². The van der Waals surface area contributed by atoms with Crippen molar-refractivity contribution in [3.63, 3.8) is 0 Å². The van der Waals surface area contributed by atoms with Crippen molar-refractivity contribution in [2.45, 2.75) is 5.16 Å². The molecule has 0 aliphatic carbocycles. The molecule has 2 rings (SSSR count). The van der Waals surface area contributed by atoms with Crippen LogP contribution in [0.4, 0.5) is 4.79 Å². The molecule has 1 aromatic rings. The van der Waals surface area contributed by atoms with E-state index in [-0.39, 0.29) is 16.5 Å². The maximum absolute atomic E-state index is 11.5. The van der Waals surface area contributed by atoms with E-state index in [9.17, 15) is 18.0 Å². The molecular formula is C10H10N4O4S. The lowest BCUT2D eigenvalue weighted by Gasteiger charge is -2.06. The van der Waals surface area contributed by atoms with Gasteiger partial charge in [0.2, 0.25) is 15.0 Å². The monoisotopic (exact) mass is 282 g/mol. The summed E-state index contributed by atoms with van der Waals surface area (Å²) in [6.07, 6.45) is 3.57. The van der Waals surface area contributed by atoms with E-state index in [4.69, 9.17) is 0 Å². The van der Waals surface area contributed by atoms with E-state index in [2.05, 4.69) is 15.3 Å². The second-order valence-electron chi connectivity index (χ2n) is 3.88. The minimum absolute atomic E-state index is 0.0863. The molecule has 1 aliphatic rings. The lowest BCUT2D eigenvalue weighted by molar-refractivity contribution is -0.115. The van der Waals surface area contributed by atoms with Gasteiger partial charge in [-0.1, -0.05) is 0 Å². The molecule has 1 aliphatic heterocycles. The van der Waals surface area contributed by atoms with Gasteiger partial charge < -0.3 is 0 Å². The number of hydrogen-bond donors (Lipinski definition) is 1. The van der Waals surface area contributed by atoms with Gasteiger partial charge >= 0.3 is 6.03 Å². The minimum Gasteiger partial charge on any atom is -0.292 e. The molecule has 0 bridgehead atoms. The summed E-state index contributed by atoms with van der Waals surface area (Å²) in [7, 11) is -2.11. The van der Waals surface area contributed by atoms with Crippen LogP contribution in [0.25, 0.3) is 6.08 Å². The molecule has 0 aromatic carbocycles. The van der Waals surface area contributed by atoms with E-state index in [0.717, 1.165) is 11.2 Å². The molecule has 1 aromatic heterocycles. The second kappa shape index (κ2) is 4.43. The Morgan fingerprint density at radius 3 is 2.58 bits per heavy atom. The molecule has 0 spiro atoms. The number of nitrogens with one attached hydrogen (secondary N) is 1. The smallest absolute Gasteiger partial charge is 0.292 e. The van der Waals surface area contributed by atoms with Crippen LogP contribution in [-0.4, -0.2) is 48.5 Å². The van der Waals surface area contributed by atoms with Crippen LogP contribution in [0.2, 0.25) is 0 Å². The first-order valence-electron chi connectivity index (χ1n) is 5.13. The van der Waals surface area contributed by atoms with Gasteiger partial charge in [0.05, 0.1) is 5.69 Å². The molecule has 1 fully saturated rings. The van der Waals surface area contributed by atoms with Crippen molar-refractivity contribution in [2.24, 2.45) is 0 Å². The van der Waals surface area contributed by atoms with Crippen LogP contribution in [0.5, 0.6) is 0 Å². The van der Waals surface area contributed by atoms with Crippen molar-refractivity contribution in [1.29, 1.82) is 0 Å². The number of likely N-dealkylation sites (N-methyl/N-ethyl adjacent to an activating group) is 1. The molecule has 0 radical (unpaired) electrons.